The van der Waals surface area contributed by atoms with Crippen LogP contribution in [0.4, 0.5) is 11.4 Å². The molecule has 0 saturated carbocycles. The molecule has 21 heavy (non-hydrogen) atoms. The Kier molecular flexibility index (Phi) is 4.70. The molecule has 0 spiro atoms. The molecule has 0 unspecified atom stereocenters. The third-order valence-corrected chi connectivity index (χ3v) is 3.57. The minimum absolute atomic E-state index is 0. The number of nitrogens with one attached hydrogen (secondary N) is 1. The highest BCUT2D eigenvalue weighted by molar-refractivity contribution is 9.10. The van der Waals surface area contributed by atoms with Gasteiger partial charge in [-0.05, 0) is 43.3 Å². The van der Waals surface area contributed by atoms with E-state index in [9.17, 15) is 5.11 Å². The highest BCUT2D eigenvalue weighted by Gasteiger charge is 2.07. The summed E-state index contributed by atoms with van der Waals surface area (Å²) in [4.78, 5) is 4.52. The summed E-state index contributed by atoms with van der Waals surface area (Å²) in [6, 6.07) is 15.1. The first-order valence-corrected chi connectivity index (χ1v) is 7.05. The number of pyridine rings is 1. The van der Waals surface area contributed by atoms with Crippen LogP contribution in [0.15, 0.2) is 53.0 Å². The van der Waals surface area contributed by atoms with Crippen LogP contribution >= 0.6 is 28.3 Å². The lowest BCUT2D eigenvalue weighted by atomic mass is 10.1. The number of rotatable bonds is 2. The molecule has 3 aromatic rings. The lowest BCUT2D eigenvalue weighted by molar-refractivity contribution is 0.478. The molecule has 2 N–H and O–H groups in total. The fourth-order valence-electron chi connectivity index (χ4n) is 2.16. The predicted molar refractivity (Wildman–Crippen MR) is 92.8 cm³/mol. The highest BCUT2D eigenvalue weighted by Crippen LogP contribution is 2.31. The van der Waals surface area contributed by atoms with E-state index in [0.29, 0.717) is 5.69 Å². The van der Waals surface area contributed by atoms with Gasteiger partial charge in [0.2, 0.25) is 0 Å². The number of aryl methyl sites for hydroxylation is 1. The first kappa shape index (κ1) is 15.6. The van der Waals surface area contributed by atoms with Crippen LogP contribution in [-0.4, -0.2) is 10.1 Å². The van der Waals surface area contributed by atoms with Gasteiger partial charge in [-0.2, -0.15) is 0 Å². The largest absolute Gasteiger partial charge is 0.506 e. The molecule has 0 bridgehead atoms. The zero-order valence-corrected chi connectivity index (χ0v) is 13.7. The van der Waals surface area contributed by atoms with Gasteiger partial charge >= 0.3 is 0 Å². The summed E-state index contributed by atoms with van der Waals surface area (Å²) in [5.74, 6) is 0.227. The molecular formula is C16H14BrClN2O. The zero-order chi connectivity index (χ0) is 14.1. The molecule has 108 valence electrons. The number of benzene rings is 2. The van der Waals surface area contributed by atoms with Gasteiger partial charge in [0.1, 0.15) is 5.75 Å². The normalized spacial score (nSPS) is 10.2. The molecule has 1 aromatic heterocycles. The molecule has 2 aromatic carbocycles. The number of hydrogen-bond acceptors (Lipinski definition) is 3. The predicted octanol–water partition coefficient (Wildman–Crippen LogP) is 5.18. The van der Waals surface area contributed by atoms with Crippen molar-refractivity contribution in [3.8, 4) is 5.75 Å². The van der Waals surface area contributed by atoms with Crippen LogP contribution in [0.2, 0.25) is 0 Å². The van der Waals surface area contributed by atoms with Crippen molar-refractivity contribution in [3.05, 3.63) is 58.7 Å². The second-order valence-electron chi connectivity index (χ2n) is 4.61. The fraction of sp³-hybridized carbons (Fsp3) is 0.0625. The van der Waals surface area contributed by atoms with Gasteiger partial charge in [-0.15, -0.1) is 12.4 Å². The highest BCUT2D eigenvalue weighted by atomic mass is 79.9. The van der Waals surface area contributed by atoms with E-state index >= 15 is 0 Å². The van der Waals surface area contributed by atoms with E-state index in [0.717, 1.165) is 26.8 Å². The Labute approximate surface area is 137 Å². The van der Waals surface area contributed by atoms with E-state index in [1.165, 1.54) is 0 Å². The average Bonchev–Trinajstić information content (AvgIpc) is 2.42. The minimum atomic E-state index is 0. The third-order valence-electron chi connectivity index (χ3n) is 3.07. The Hall–Kier alpha value is -1.78. The van der Waals surface area contributed by atoms with Crippen LogP contribution in [0, 0.1) is 6.92 Å². The van der Waals surface area contributed by atoms with Crippen LogP contribution in [-0.2, 0) is 0 Å². The van der Waals surface area contributed by atoms with Crippen molar-refractivity contribution in [1.29, 1.82) is 0 Å². The number of nitrogens with zero attached hydrogens (tertiary/aromatic N) is 1. The lowest BCUT2D eigenvalue weighted by Crippen LogP contribution is -1.95. The Morgan fingerprint density at radius 1 is 1.05 bits per heavy atom. The maximum atomic E-state index is 9.88. The standard InChI is InChI=1S/C16H13BrN2O.ClH/c1-10-8-15(19-14-4-2-3-5-16(14)20)12-9-11(17)6-7-13(12)18-10;/h2-9,20H,1H3,(H,18,19);1H. The number of aromatic hydroxyl groups is 1. The van der Waals surface area contributed by atoms with E-state index in [1.807, 2.05) is 43.3 Å². The van der Waals surface area contributed by atoms with Crippen molar-refractivity contribution in [1.82, 2.24) is 4.98 Å². The maximum Gasteiger partial charge on any atom is 0.139 e. The molecule has 0 radical (unpaired) electrons. The van der Waals surface area contributed by atoms with Crippen LogP contribution in [0.3, 0.4) is 0 Å². The lowest BCUT2D eigenvalue weighted by Gasteiger charge is -2.12. The van der Waals surface area contributed by atoms with Gasteiger partial charge in [0, 0.05) is 21.2 Å². The number of fused-ring (bicyclic) bond motifs is 1. The van der Waals surface area contributed by atoms with E-state index in [4.69, 9.17) is 0 Å². The van der Waals surface area contributed by atoms with Crippen molar-refractivity contribution in [2.24, 2.45) is 0 Å². The number of phenolic OH excluding ortho intramolecular Hbond substituents is 1. The quantitative estimate of drug-likeness (QED) is 0.615. The maximum absolute atomic E-state index is 9.88. The molecule has 0 fully saturated rings. The Morgan fingerprint density at radius 2 is 1.81 bits per heavy atom. The van der Waals surface area contributed by atoms with Crippen LogP contribution in [0.5, 0.6) is 5.75 Å². The van der Waals surface area contributed by atoms with Crippen LogP contribution < -0.4 is 5.32 Å². The molecule has 1 heterocycles. The summed E-state index contributed by atoms with van der Waals surface area (Å²) in [5.41, 5.74) is 3.46. The van der Waals surface area contributed by atoms with Crippen LogP contribution in [0.25, 0.3) is 10.9 Å². The van der Waals surface area contributed by atoms with E-state index < -0.39 is 0 Å². The molecule has 3 rings (SSSR count). The van der Waals surface area contributed by atoms with Gasteiger partial charge in [0.05, 0.1) is 11.2 Å². The number of anilines is 2. The topological polar surface area (TPSA) is 45.1 Å². The second-order valence-corrected chi connectivity index (χ2v) is 5.53. The van der Waals surface area contributed by atoms with E-state index in [1.54, 1.807) is 12.1 Å². The molecule has 0 amide bonds. The molecule has 0 aliphatic heterocycles. The number of hydrogen-bond donors (Lipinski definition) is 2. The molecule has 0 aliphatic carbocycles. The van der Waals surface area contributed by atoms with E-state index in [2.05, 4.69) is 26.2 Å². The third kappa shape index (κ3) is 3.28. The molecule has 5 heteroatoms. The molecule has 0 aliphatic rings. The first-order valence-electron chi connectivity index (χ1n) is 6.25. The summed E-state index contributed by atoms with van der Waals surface area (Å²) in [6.45, 7) is 1.96. The summed E-state index contributed by atoms with van der Waals surface area (Å²) < 4.78 is 0.996. The summed E-state index contributed by atoms with van der Waals surface area (Å²) >= 11 is 3.48. The average molecular weight is 366 g/mol. The van der Waals surface area contributed by atoms with Gasteiger partial charge in [-0.3, -0.25) is 4.98 Å². The van der Waals surface area contributed by atoms with Crippen molar-refractivity contribution in [3.63, 3.8) is 0 Å². The van der Waals surface area contributed by atoms with Crippen molar-refractivity contribution in [2.75, 3.05) is 5.32 Å². The summed E-state index contributed by atoms with van der Waals surface area (Å²) in [7, 11) is 0. The van der Waals surface area contributed by atoms with Gasteiger partial charge in [-0.25, -0.2) is 0 Å². The Balaban J connectivity index is 0.00000161. The molecular weight excluding hydrogens is 352 g/mol. The first-order chi connectivity index (χ1) is 9.63. The number of aromatic nitrogens is 1. The molecule has 3 nitrogen and oxygen atoms in total. The summed E-state index contributed by atoms with van der Waals surface area (Å²) in [5, 5.41) is 14.2. The van der Waals surface area contributed by atoms with Gasteiger partial charge < -0.3 is 10.4 Å². The smallest absolute Gasteiger partial charge is 0.139 e. The van der Waals surface area contributed by atoms with E-state index in [-0.39, 0.29) is 18.2 Å². The van der Waals surface area contributed by atoms with Crippen LogP contribution in [0.1, 0.15) is 5.69 Å². The minimum Gasteiger partial charge on any atom is -0.506 e. The number of para-hydroxylation sites is 2. The molecule has 0 atom stereocenters. The van der Waals surface area contributed by atoms with Crippen molar-refractivity contribution < 1.29 is 5.11 Å². The second kappa shape index (κ2) is 6.33. The number of phenols is 1. The van der Waals surface area contributed by atoms with Gasteiger partial charge in [0.25, 0.3) is 0 Å². The zero-order valence-electron chi connectivity index (χ0n) is 11.3. The Morgan fingerprint density at radius 3 is 2.57 bits per heavy atom. The summed E-state index contributed by atoms with van der Waals surface area (Å²) in [6.07, 6.45) is 0. The fourth-order valence-corrected chi connectivity index (χ4v) is 2.52. The van der Waals surface area contributed by atoms with Gasteiger partial charge in [-0.1, -0.05) is 28.1 Å². The number of halogens is 2. The van der Waals surface area contributed by atoms with Crippen molar-refractivity contribution in [2.45, 2.75) is 6.92 Å². The SMILES string of the molecule is Cc1cc(Nc2ccccc2O)c2cc(Br)ccc2n1.Cl. The Bertz CT molecular complexity index is 792. The van der Waals surface area contributed by atoms with Crippen molar-refractivity contribution >= 4 is 50.6 Å². The molecule has 0 saturated heterocycles. The monoisotopic (exact) mass is 364 g/mol. The van der Waals surface area contributed by atoms with Gasteiger partial charge in [0.15, 0.2) is 0 Å².